The summed E-state index contributed by atoms with van der Waals surface area (Å²) < 4.78 is 3.38. The summed E-state index contributed by atoms with van der Waals surface area (Å²) in [5.41, 5.74) is 1.63. The molecule has 0 saturated carbocycles. The van der Waals surface area contributed by atoms with Crippen LogP contribution in [0.25, 0.3) is 0 Å². The molecule has 28 heavy (non-hydrogen) atoms. The second-order valence-corrected chi connectivity index (χ2v) is 8.20. The minimum atomic E-state index is -0.0671. The van der Waals surface area contributed by atoms with Crippen molar-refractivity contribution < 1.29 is 4.79 Å². The SMILES string of the molecule is CC(C)CCn1nc2n(c1=O)CCC(NC(=O)c1cccc(N(C)C)c1)CC2. The third-order valence-electron chi connectivity index (χ3n) is 5.30. The Kier molecular flexibility index (Phi) is 6.21. The maximum atomic E-state index is 12.7. The predicted octanol–water partition coefficient (Wildman–Crippen LogP) is 2.29. The molecular formula is C21H31N5O2. The van der Waals surface area contributed by atoms with E-state index in [9.17, 15) is 9.59 Å². The van der Waals surface area contributed by atoms with Crippen LogP contribution in [-0.4, -0.2) is 40.4 Å². The number of nitrogens with one attached hydrogen (secondary N) is 1. The molecular weight excluding hydrogens is 354 g/mol. The van der Waals surface area contributed by atoms with Crippen LogP contribution >= 0.6 is 0 Å². The Labute approximate surface area is 166 Å². The molecule has 1 aromatic carbocycles. The number of nitrogens with zero attached hydrogens (tertiary/aromatic N) is 4. The number of rotatable bonds is 6. The maximum Gasteiger partial charge on any atom is 0.345 e. The molecule has 1 aromatic heterocycles. The number of benzene rings is 1. The number of aromatic nitrogens is 3. The lowest BCUT2D eigenvalue weighted by molar-refractivity contribution is 0.0933. The molecule has 1 atom stereocenters. The molecule has 0 spiro atoms. The van der Waals surface area contributed by atoms with Gasteiger partial charge in [-0.1, -0.05) is 19.9 Å². The second-order valence-electron chi connectivity index (χ2n) is 8.20. The lowest BCUT2D eigenvalue weighted by Crippen LogP contribution is -2.36. The van der Waals surface area contributed by atoms with E-state index in [1.807, 2.05) is 43.3 Å². The summed E-state index contributed by atoms with van der Waals surface area (Å²) in [5.74, 6) is 1.31. The number of amides is 1. The molecule has 0 aliphatic carbocycles. The van der Waals surface area contributed by atoms with Gasteiger partial charge in [-0.3, -0.25) is 9.36 Å². The van der Waals surface area contributed by atoms with E-state index in [0.717, 1.165) is 30.8 Å². The Morgan fingerprint density at radius 3 is 2.82 bits per heavy atom. The van der Waals surface area contributed by atoms with Crippen molar-refractivity contribution in [2.75, 3.05) is 19.0 Å². The van der Waals surface area contributed by atoms with Gasteiger partial charge in [0.1, 0.15) is 5.82 Å². The number of aryl methyl sites for hydroxylation is 2. The summed E-state index contributed by atoms with van der Waals surface area (Å²) in [5, 5.41) is 7.67. The average molecular weight is 386 g/mol. The van der Waals surface area contributed by atoms with E-state index in [1.165, 1.54) is 0 Å². The fourth-order valence-electron chi connectivity index (χ4n) is 3.49. The van der Waals surface area contributed by atoms with Gasteiger partial charge in [0.15, 0.2) is 0 Å². The minimum Gasteiger partial charge on any atom is -0.378 e. The molecule has 152 valence electrons. The molecule has 0 fully saturated rings. The van der Waals surface area contributed by atoms with Crippen LogP contribution < -0.4 is 15.9 Å². The van der Waals surface area contributed by atoms with Gasteiger partial charge in [-0.2, -0.15) is 5.10 Å². The first-order chi connectivity index (χ1) is 13.3. The van der Waals surface area contributed by atoms with Crippen LogP contribution in [-0.2, 0) is 19.5 Å². The van der Waals surface area contributed by atoms with Gasteiger partial charge in [-0.05, 0) is 43.4 Å². The fraction of sp³-hybridized carbons (Fsp3) is 0.571. The molecule has 7 heteroatoms. The minimum absolute atomic E-state index is 0.0266. The van der Waals surface area contributed by atoms with Gasteiger partial charge >= 0.3 is 5.69 Å². The number of hydrogen-bond acceptors (Lipinski definition) is 4. The molecule has 0 radical (unpaired) electrons. The molecule has 3 rings (SSSR count). The molecule has 7 nitrogen and oxygen atoms in total. The largest absolute Gasteiger partial charge is 0.378 e. The maximum absolute atomic E-state index is 12.7. The van der Waals surface area contributed by atoms with Crippen molar-refractivity contribution in [3.8, 4) is 0 Å². The van der Waals surface area contributed by atoms with Crippen molar-refractivity contribution in [2.45, 2.75) is 58.7 Å². The molecule has 1 aliphatic heterocycles. The highest BCUT2D eigenvalue weighted by Crippen LogP contribution is 2.16. The lowest BCUT2D eigenvalue weighted by Gasteiger charge is -2.17. The third-order valence-corrected chi connectivity index (χ3v) is 5.30. The van der Waals surface area contributed by atoms with Crippen LogP contribution in [0.3, 0.4) is 0 Å². The Balaban J connectivity index is 1.63. The Morgan fingerprint density at radius 1 is 1.32 bits per heavy atom. The monoisotopic (exact) mass is 385 g/mol. The molecule has 1 N–H and O–H groups in total. The lowest BCUT2D eigenvalue weighted by atomic mass is 10.1. The van der Waals surface area contributed by atoms with Gasteiger partial charge in [0.05, 0.1) is 0 Å². The zero-order chi connectivity index (χ0) is 20.3. The fourth-order valence-corrected chi connectivity index (χ4v) is 3.49. The summed E-state index contributed by atoms with van der Waals surface area (Å²) in [7, 11) is 3.91. The molecule has 1 unspecified atom stereocenters. The molecule has 0 saturated heterocycles. The number of carbonyl (C=O) groups is 1. The van der Waals surface area contributed by atoms with Gasteiger partial charge in [-0.25, -0.2) is 9.48 Å². The Bertz CT molecular complexity index is 881. The van der Waals surface area contributed by atoms with Gasteiger partial charge in [0.2, 0.25) is 0 Å². The van der Waals surface area contributed by atoms with Crippen molar-refractivity contribution in [1.82, 2.24) is 19.7 Å². The summed E-state index contributed by atoms with van der Waals surface area (Å²) in [6.45, 7) is 5.55. The smallest absolute Gasteiger partial charge is 0.345 e. The van der Waals surface area contributed by atoms with Crippen molar-refractivity contribution in [1.29, 1.82) is 0 Å². The van der Waals surface area contributed by atoms with Gasteiger partial charge in [-0.15, -0.1) is 0 Å². The van der Waals surface area contributed by atoms with E-state index in [-0.39, 0.29) is 17.6 Å². The van der Waals surface area contributed by atoms with Crippen LogP contribution in [0.5, 0.6) is 0 Å². The molecule has 2 heterocycles. The van der Waals surface area contributed by atoms with Crippen LogP contribution in [0.1, 0.15) is 49.3 Å². The van der Waals surface area contributed by atoms with Crippen molar-refractivity contribution >= 4 is 11.6 Å². The van der Waals surface area contributed by atoms with Gasteiger partial charge < -0.3 is 10.2 Å². The standard InChI is InChI=1S/C21H31N5O2/c1-15(2)10-13-26-21(28)25-12-11-17(8-9-19(25)23-26)22-20(27)16-6-5-7-18(14-16)24(3)4/h5-7,14-15,17H,8-13H2,1-4H3,(H,22,27). The highest BCUT2D eigenvalue weighted by Gasteiger charge is 2.22. The van der Waals surface area contributed by atoms with Crippen LogP contribution in [0.15, 0.2) is 29.1 Å². The number of hydrogen-bond donors (Lipinski definition) is 1. The zero-order valence-electron chi connectivity index (χ0n) is 17.3. The summed E-state index contributed by atoms with van der Waals surface area (Å²) in [6.07, 6.45) is 3.18. The topological polar surface area (TPSA) is 72.2 Å². The first-order valence-electron chi connectivity index (χ1n) is 10.1. The highest BCUT2D eigenvalue weighted by atomic mass is 16.2. The van der Waals surface area contributed by atoms with E-state index >= 15 is 0 Å². The summed E-state index contributed by atoms with van der Waals surface area (Å²) in [6, 6.07) is 7.64. The van der Waals surface area contributed by atoms with Crippen molar-refractivity contribution in [2.24, 2.45) is 5.92 Å². The number of carbonyl (C=O) groups excluding carboxylic acids is 1. The normalized spacial score (nSPS) is 16.5. The Hall–Kier alpha value is -2.57. The van der Waals surface area contributed by atoms with E-state index in [2.05, 4.69) is 24.3 Å². The quantitative estimate of drug-likeness (QED) is 0.828. The Morgan fingerprint density at radius 2 is 2.11 bits per heavy atom. The van der Waals surface area contributed by atoms with E-state index in [0.29, 0.717) is 31.0 Å². The van der Waals surface area contributed by atoms with Crippen LogP contribution in [0.4, 0.5) is 5.69 Å². The molecule has 1 aliphatic rings. The first-order valence-corrected chi connectivity index (χ1v) is 10.1. The summed E-state index contributed by atoms with van der Waals surface area (Å²) in [4.78, 5) is 27.2. The highest BCUT2D eigenvalue weighted by molar-refractivity contribution is 5.95. The van der Waals surface area contributed by atoms with E-state index in [1.54, 1.807) is 9.25 Å². The van der Waals surface area contributed by atoms with Crippen LogP contribution in [0, 0.1) is 5.92 Å². The molecule has 2 aromatic rings. The predicted molar refractivity (Wildman–Crippen MR) is 111 cm³/mol. The van der Waals surface area contributed by atoms with Gasteiger partial charge in [0, 0.05) is 50.9 Å². The summed E-state index contributed by atoms with van der Waals surface area (Å²) >= 11 is 0. The molecule has 0 bridgehead atoms. The number of fused-ring (bicyclic) bond motifs is 1. The van der Waals surface area contributed by atoms with E-state index in [4.69, 9.17) is 0 Å². The van der Waals surface area contributed by atoms with Crippen molar-refractivity contribution in [3.63, 3.8) is 0 Å². The van der Waals surface area contributed by atoms with E-state index < -0.39 is 0 Å². The third kappa shape index (κ3) is 4.64. The van der Waals surface area contributed by atoms with Crippen molar-refractivity contribution in [3.05, 3.63) is 46.1 Å². The first kappa shape index (κ1) is 20.2. The van der Waals surface area contributed by atoms with Crippen LogP contribution in [0.2, 0.25) is 0 Å². The molecule has 1 amide bonds. The number of anilines is 1. The second kappa shape index (κ2) is 8.63. The van der Waals surface area contributed by atoms with Gasteiger partial charge in [0.25, 0.3) is 5.91 Å². The zero-order valence-corrected chi connectivity index (χ0v) is 17.3. The average Bonchev–Trinajstić information content (AvgIpc) is 2.83.